The van der Waals surface area contributed by atoms with Crippen molar-refractivity contribution in [2.45, 2.75) is 30.7 Å². The van der Waals surface area contributed by atoms with Crippen molar-refractivity contribution in [1.29, 1.82) is 0 Å². The topological polar surface area (TPSA) is 139 Å². The third-order valence-corrected chi connectivity index (χ3v) is 8.34. The van der Waals surface area contributed by atoms with E-state index in [1.54, 1.807) is 46.9 Å². The maximum atomic E-state index is 13.3. The van der Waals surface area contributed by atoms with Gasteiger partial charge in [-0.25, -0.2) is 13.2 Å². The lowest BCUT2D eigenvalue weighted by Crippen LogP contribution is -2.50. The minimum absolute atomic E-state index is 0.0332. The quantitative estimate of drug-likeness (QED) is 0.430. The van der Waals surface area contributed by atoms with Gasteiger partial charge >= 0.3 is 6.03 Å². The third-order valence-electron chi connectivity index (χ3n) is 6.96. The van der Waals surface area contributed by atoms with E-state index in [2.05, 4.69) is 15.4 Å². The number of sulfonamides is 1. The number of pyridine rings is 1. The molecule has 3 heterocycles. The fourth-order valence-corrected chi connectivity index (χ4v) is 6.25. The van der Waals surface area contributed by atoms with Gasteiger partial charge in [-0.1, -0.05) is 0 Å². The molecule has 2 aromatic carbocycles. The van der Waals surface area contributed by atoms with Gasteiger partial charge in [0.2, 0.25) is 5.91 Å². The summed E-state index contributed by atoms with van der Waals surface area (Å²) < 4.78 is 35.1. The van der Waals surface area contributed by atoms with Crippen molar-refractivity contribution in [2.24, 2.45) is 5.92 Å². The molecule has 0 saturated carbocycles. The van der Waals surface area contributed by atoms with Gasteiger partial charge in [0, 0.05) is 49.5 Å². The highest BCUT2D eigenvalue weighted by Crippen LogP contribution is 2.36. The molecule has 1 aromatic heterocycles. The van der Waals surface area contributed by atoms with Crippen LogP contribution in [-0.4, -0.2) is 50.0 Å². The summed E-state index contributed by atoms with van der Waals surface area (Å²) in [5.41, 5.74) is 1.44. The molecule has 3 N–H and O–H groups in total. The molecule has 2 aliphatic heterocycles. The smallest absolute Gasteiger partial charge is 0.321 e. The number of rotatable bonds is 6. The van der Waals surface area contributed by atoms with Gasteiger partial charge in [0.05, 0.1) is 12.0 Å². The van der Waals surface area contributed by atoms with Crippen molar-refractivity contribution < 1.29 is 22.7 Å². The Hall–Kier alpha value is -4.32. The Morgan fingerprint density at radius 2 is 1.56 bits per heavy atom. The van der Waals surface area contributed by atoms with Crippen LogP contribution in [0.4, 0.5) is 21.9 Å². The van der Waals surface area contributed by atoms with Crippen LogP contribution in [0.25, 0.3) is 0 Å². The van der Waals surface area contributed by atoms with E-state index in [4.69, 9.17) is 4.74 Å². The summed E-state index contributed by atoms with van der Waals surface area (Å²) in [4.78, 5) is 39.2. The number of nitrogens with one attached hydrogen (secondary N) is 3. The number of carbonyl (C=O) groups is 2. The zero-order chi connectivity index (χ0) is 27.7. The molecule has 2 bridgehead atoms. The number of piperidine rings is 1. The molecule has 39 heavy (non-hydrogen) atoms. The molecular weight excluding hydrogens is 522 g/mol. The second-order valence-electron chi connectivity index (χ2n) is 9.76. The number of methoxy groups -OCH3 is 1. The van der Waals surface area contributed by atoms with Crippen LogP contribution < -0.4 is 25.7 Å². The van der Waals surface area contributed by atoms with E-state index in [0.29, 0.717) is 36.8 Å². The highest BCUT2D eigenvalue weighted by atomic mass is 32.2. The Morgan fingerprint density at radius 1 is 0.897 bits per heavy atom. The van der Waals surface area contributed by atoms with Gasteiger partial charge in [0.25, 0.3) is 15.6 Å². The second kappa shape index (κ2) is 10.4. The first-order valence-electron chi connectivity index (χ1n) is 12.5. The lowest BCUT2D eigenvalue weighted by molar-refractivity contribution is -0.114. The summed E-state index contributed by atoms with van der Waals surface area (Å²) >= 11 is 0. The summed E-state index contributed by atoms with van der Waals surface area (Å²) in [6.45, 7) is 2.68. The fraction of sp³-hybridized carbons (Fsp3) is 0.296. The lowest BCUT2D eigenvalue weighted by Gasteiger charge is -2.42. The first kappa shape index (κ1) is 26.3. The van der Waals surface area contributed by atoms with E-state index in [9.17, 15) is 22.8 Å². The summed E-state index contributed by atoms with van der Waals surface area (Å²) in [7, 11) is -2.45. The van der Waals surface area contributed by atoms with E-state index in [1.165, 1.54) is 37.3 Å². The third kappa shape index (κ3) is 5.60. The van der Waals surface area contributed by atoms with Crippen LogP contribution in [0.2, 0.25) is 0 Å². The molecule has 204 valence electrons. The number of aromatic nitrogens is 1. The minimum Gasteiger partial charge on any atom is -0.497 e. The van der Waals surface area contributed by atoms with Gasteiger partial charge in [-0.05, 0) is 73.0 Å². The number of fused-ring (bicyclic) bond motifs is 4. The molecule has 12 heteroatoms. The Labute approximate surface area is 225 Å². The number of nitrogens with zero attached hydrogens (tertiary/aromatic N) is 2. The molecule has 3 aromatic rings. The van der Waals surface area contributed by atoms with Crippen LogP contribution in [-0.2, 0) is 21.4 Å². The van der Waals surface area contributed by atoms with Crippen molar-refractivity contribution in [1.82, 2.24) is 9.47 Å². The number of ether oxygens (including phenoxy) is 1. The van der Waals surface area contributed by atoms with Crippen molar-refractivity contribution >= 4 is 39.0 Å². The SMILES string of the molecule is COc1ccc(NC(=O)N2CC3CC(C2)c2ccc(NS(=O)(=O)c4ccc(NC(C)=O)cc4)c(=O)n2C3)cc1. The number of likely N-dealkylation sites (tertiary alicyclic amines) is 1. The molecule has 5 rings (SSSR count). The van der Waals surface area contributed by atoms with Crippen molar-refractivity contribution in [2.75, 3.05) is 35.6 Å². The van der Waals surface area contributed by atoms with Crippen LogP contribution in [0.15, 0.2) is 70.4 Å². The Kier molecular flexibility index (Phi) is 7.04. The number of hydrogen-bond acceptors (Lipinski definition) is 6. The normalized spacial score (nSPS) is 18.1. The monoisotopic (exact) mass is 551 g/mol. The first-order chi connectivity index (χ1) is 18.6. The van der Waals surface area contributed by atoms with Crippen LogP contribution in [0.5, 0.6) is 5.75 Å². The van der Waals surface area contributed by atoms with Gasteiger partial charge in [-0.3, -0.25) is 14.3 Å². The fourth-order valence-electron chi connectivity index (χ4n) is 5.19. The van der Waals surface area contributed by atoms with E-state index in [0.717, 1.165) is 12.1 Å². The van der Waals surface area contributed by atoms with Gasteiger partial charge in [-0.15, -0.1) is 0 Å². The molecule has 3 amide bonds. The lowest BCUT2D eigenvalue weighted by atomic mass is 9.83. The minimum atomic E-state index is -4.03. The number of anilines is 3. The maximum absolute atomic E-state index is 13.3. The standard InChI is InChI=1S/C27H29N5O6S/c1-17(33)28-20-5-9-23(10-6-20)39(36,37)30-24-11-12-25-19-13-18(15-32(25)26(24)34)14-31(16-19)27(35)29-21-3-7-22(38-2)8-4-21/h3-12,18-19,30H,13-16H2,1-2H3,(H,28,33)(H,29,35). The van der Waals surface area contributed by atoms with Crippen LogP contribution in [0.3, 0.4) is 0 Å². The predicted octanol–water partition coefficient (Wildman–Crippen LogP) is 3.27. The molecule has 0 spiro atoms. The number of urea groups is 1. The van der Waals surface area contributed by atoms with E-state index >= 15 is 0 Å². The molecule has 11 nitrogen and oxygen atoms in total. The van der Waals surface area contributed by atoms with Crippen LogP contribution >= 0.6 is 0 Å². The molecule has 0 radical (unpaired) electrons. The summed E-state index contributed by atoms with van der Waals surface area (Å²) in [6, 6.07) is 15.8. The molecule has 2 aliphatic rings. The van der Waals surface area contributed by atoms with E-state index in [1.807, 2.05) is 0 Å². The molecule has 2 atom stereocenters. The van der Waals surface area contributed by atoms with Gasteiger partial charge in [-0.2, -0.15) is 0 Å². The Morgan fingerprint density at radius 3 is 2.23 bits per heavy atom. The number of carbonyl (C=O) groups excluding carboxylic acids is 2. The molecule has 1 fully saturated rings. The van der Waals surface area contributed by atoms with Crippen LogP contribution in [0, 0.1) is 5.92 Å². The highest BCUT2D eigenvalue weighted by Gasteiger charge is 2.37. The summed E-state index contributed by atoms with van der Waals surface area (Å²) in [6.07, 6.45) is 0.845. The second-order valence-corrected chi connectivity index (χ2v) is 11.4. The zero-order valence-corrected chi connectivity index (χ0v) is 22.3. The van der Waals surface area contributed by atoms with Crippen molar-refractivity contribution in [3.8, 4) is 5.75 Å². The zero-order valence-electron chi connectivity index (χ0n) is 21.5. The van der Waals surface area contributed by atoms with E-state index < -0.39 is 15.6 Å². The molecule has 0 aliphatic carbocycles. The van der Waals surface area contributed by atoms with E-state index in [-0.39, 0.29) is 34.4 Å². The largest absolute Gasteiger partial charge is 0.497 e. The number of amides is 3. The number of hydrogen-bond donors (Lipinski definition) is 3. The van der Waals surface area contributed by atoms with Gasteiger partial charge in [0.15, 0.2) is 0 Å². The average molecular weight is 552 g/mol. The molecule has 2 unspecified atom stereocenters. The maximum Gasteiger partial charge on any atom is 0.321 e. The van der Waals surface area contributed by atoms with Crippen LogP contribution in [0.1, 0.15) is 25.0 Å². The summed E-state index contributed by atoms with van der Waals surface area (Å²) in [5.74, 6) is 0.447. The molecule has 1 saturated heterocycles. The first-order valence-corrected chi connectivity index (χ1v) is 14.0. The van der Waals surface area contributed by atoms with Crippen molar-refractivity contribution in [3.05, 3.63) is 76.7 Å². The van der Waals surface area contributed by atoms with Crippen molar-refractivity contribution in [3.63, 3.8) is 0 Å². The summed E-state index contributed by atoms with van der Waals surface area (Å²) in [5, 5.41) is 5.50. The van der Waals surface area contributed by atoms with Gasteiger partial charge in [0.1, 0.15) is 11.4 Å². The number of benzene rings is 2. The Balaban J connectivity index is 1.30. The average Bonchev–Trinajstić information content (AvgIpc) is 2.91. The van der Waals surface area contributed by atoms with Gasteiger partial charge < -0.3 is 24.8 Å². The molecular formula is C27H29N5O6S. The Bertz CT molecular complexity index is 1570. The highest BCUT2D eigenvalue weighted by molar-refractivity contribution is 7.92. The predicted molar refractivity (Wildman–Crippen MR) is 147 cm³/mol.